The maximum Gasteiger partial charge on any atom is 0.227 e. The lowest BCUT2D eigenvalue weighted by molar-refractivity contribution is 0.602. The van der Waals surface area contributed by atoms with Crippen LogP contribution < -0.4 is 5.32 Å². The molecule has 0 atom stereocenters. The van der Waals surface area contributed by atoms with Crippen molar-refractivity contribution in [2.75, 3.05) is 11.6 Å². The Hall–Kier alpha value is -2.97. The third kappa shape index (κ3) is 3.49. The van der Waals surface area contributed by atoms with Gasteiger partial charge in [-0.3, -0.25) is 4.40 Å². The van der Waals surface area contributed by atoms with Crippen LogP contribution in [0.3, 0.4) is 0 Å². The number of aromatic nitrogens is 4. The first-order valence-electron chi connectivity index (χ1n) is 7.95. The first-order chi connectivity index (χ1) is 12.9. The Labute approximate surface area is 160 Å². The summed E-state index contributed by atoms with van der Waals surface area (Å²) in [4.78, 5) is 13.3. The quantitative estimate of drug-likeness (QED) is 0.564. The first-order valence-corrected chi connectivity index (χ1v) is 10.2. The lowest BCUT2D eigenvalue weighted by Gasteiger charge is -2.07. The second-order valence-corrected chi connectivity index (χ2v) is 8.24. The minimum Gasteiger partial charge on any atom is -0.324 e. The van der Waals surface area contributed by atoms with E-state index in [9.17, 15) is 8.42 Å². The molecule has 0 bridgehead atoms. The molecule has 0 unspecified atom stereocenters. The van der Waals surface area contributed by atoms with Crippen molar-refractivity contribution in [1.82, 2.24) is 19.4 Å². The fourth-order valence-electron chi connectivity index (χ4n) is 2.66. The zero-order valence-corrected chi connectivity index (χ0v) is 15.7. The van der Waals surface area contributed by atoms with Crippen LogP contribution in [0.25, 0.3) is 17.0 Å². The summed E-state index contributed by atoms with van der Waals surface area (Å²) < 4.78 is 25.0. The number of rotatable bonds is 4. The van der Waals surface area contributed by atoms with E-state index in [2.05, 4.69) is 20.3 Å². The Morgan fingerprint density at radius 2 is 1.81 bits per heavy atom. The zero-order valence-electron chi connectivity index (χ0n) is 14.2. The number of hydrogen-bond acceptors (Lipinski definition) is 6. The van der Waals surface area contributed by atoms with Crippen molar-refractivity contribution in [2.45, 2.75) is 4.90 Å². The van der Waals surface area contributed by atoms with Gasteiger partial charge in [0.25, 0.3) is 0 Å². The second kappa shape index (κ2) is 6.64. The summed E-state index contributed by atoms with van der Waals surface area (Å²) in [6, 6.07) is 13.8. The van der Waals surface area contributed by atoms with Crippen LogP contribution in [0.15, 0.2) is 65.8 Å². The summed E-state index contributed by atoms with van der Waals surface area (Å²) in [5.74, 6) is 0.363. The van der Waals surface area contributed by atoms with E-state index in [0.717, 1.165) is 5.65 Å². The summed E-state index contributed by atoms with van der Waals surface area (Å²) in [6.45, 7) is 0. The van der Waals surface area contributed by atoms with Gasteiger partial charge in [-0.05, 0) is 42.5 Å². The van der Waals surface area contributed by atoms with E-state index in [1.54, 1.807) is 24.4 Å². The summed E-state index contributed by atoms with van der Waals surface area (Å²) >= 11 is 6.31. The number of imidazole rings is 1. The molecule has 1 aromatic carbocycles. The first kappa shape index (κ1) is 17.4. The largest absolute Gasteiger partial charge is 0.324 e. The summed E-state index contributed by atoms with van der Waals surface area (Å²) in [5, 5.41) is 3.41. The molecule has 0 saturated carbocycles. The molecule has 0 aliphatic rings. The van der Waals surface area contributed by atoms with Crippen molar-refractivity contribution >= 4 is 38.7 Å². The number of anilines is 2. The van der Waals surface area contributed by atoms with Gasteiger partial charge in [0, 0.05) is 24.3 Å². The highest BCUT2D eigenvalue weighted by atomic mass is 35.5. The number of sulfone groups is 1. The smallest absolute Gasteiger partial charge is 0.227 e. The van der Waals surface area contributed by atoms with Gasteiger partial charge in [-0.1, -0.05) is 17.7 Å². The summed E-state index contributed by atoms with van der Waals surface area (Å²) in [6.07, 6.45) is 4.65. The molecule has 0 aliphatic heterocycles. The molecular formula is C18H14ClN5O2S. The van der Waals surface area contributed by atoms with Gasteiger partial charge in [-0.25, -0.2) is 23.4 Å². The molecule has 4 rings (SSSR count). The van der Waals surface area contributed by atoms with Crippen molar-refractivity contribution in [3.8, 4) is 11.4 Å². The van der Waals surface area contributed by atoms with Gasteiger partial charge in [0.05, 0.1) is 10.6 Å². The molecule has 1 N–H and O–H groups in total. The lowest BCUT2D eigenvalue weighted by atomic mass is 10.3. The minimum absolute atomic E-state index is 0.250. The zero-order chi connectivity index (χ0) is 19.0. The van der Waals surface area contributed by atoms with Crippen LogP contribution in [0, 0.1) is 0 Å². The molecular weight excluding hydrogens is 386 g/mol. The van der Waals surface area contributed by atoms with Gasteiger partial charge in [-0.2, -0.15) is 0 Å². The standard InChI is InChI=1S/C18H14ClN5O2S/c1-27(25,26)13-7-5-12(6-8-13)21-18-20-10-9-14(22-18)16-17(19)23-15-4-2-3-11-24(15)16/h2-11H,1H3,(H,20,21,22). The maximum absolute atomic E-state index is 11.6. The Balaban J connectivity index is 1.68. The van der Waals surface area contributed by atoms with Crippen molar-refractivity contribution < 1.29 is 8.42 Å². The van der Waals surface area contributed by atoms with Gasteiger partial charge in [0.1, 0.15) is 11.3 Å². The SMILES string of the molecule is CS(=O)(=O)c1ccc(Nc2nccc(-c3c(Cl)nc4ccccn34)n2)cc1. The molecule has 27 heavy (non-hydrogen) atoms. The highest BCUT2D eigenvalue weighted by Gasteiger charge is 2.14. The molecule has 0 aliphatic carbocycles. The van der Waals surface area contributed by atoms with E-state index in [4.69, 9.17) is 11.6 Å². The highest BCUT2D eigenvalue weighted by molar-refractivity contribution is 7.90. The summed E-state index contributed by atoms with van der Waals surface area (Å²) in [7, 11) is -3.24. The van der Waals surface area contributed by atoms with Crippen LogP contribution in [0.5, 0.6) is 0 Å². The van der Waals surface area contributed by atoms with Crippen LogP contribution in [-0.2, 0) is 9.84 Å². The van der Waals surface area contributed by atoms with Crippen molar-refractivity contribution in [1.29, 1.82) is 0 Å². The molecule has 3 heterocycles. The molecule has 0 spiro atoms. The number of halogens is 1. The predicted molar refractivity (Wildman–Crippen MR) is 104 cm³/mol. The molecule has 7 nitrogen and oxygen atoms in total. The fraction of sp³-hybridized carbons (Fsp3) is 0.0556. The van der Waals surface area contributed by atoms with Crippen molar-refractivity contribution in [3.63, 3.8) is 0 Å². The van der Waals surface area contributed by atoms with Crippen LogP contribution in [0.4, 0.5) is 11.6 Å². The minimum atomic E-state index is -3.24. The Kier molecular flexibility index (Phi) is 4.29. The number of hydrogen-bond donors (Lipinski definition) is 1. The number of benzene rings is 1. The maximum atomic E-state index is 11.6. The van der Waals surface area contributed by atoms with Crippen LogP contribution in [-0.4, -0.2) is 34.0 Å². The number of nitrogens with zero attached hydrogens (tertiary/aromatic N) is 4. The van der Waals surface area contributed by atoms with Gasteiger partial charge in [-0.15, -0.1) is 0 Å². The van der Waals surface area contributed by atoms with Gasteiger partial charge in [0.15, 0.2) is 15.0 Å². The van der Waals surface area contributed by atoms with Gasteiger partial charge < -0.3 is 5.32 Å². The fourth-order valence-corrected chi connectivity index (χ4v) is 3.57. The third-order valence-electron chi connectivity index (χ3n) is 3.92. The molecule has 0 amide bonds. The van der Waals surface area contributed by atoms with E-state index in [1.165, 1.54) is 18.4 Å². The molecule has 0 fully saturated rings. The molecule has 0 saturated heterocycles. The molecule has 136 valence electrons. The number of fused-ring (bicyclic) bond motifs is 1. The normalized spacial score (nSPS) is 11.6. The van der Waals surface area contributed by atoms with Gasteiger partial charge in [0.2, 0.25) is 5.95 Å². The molecule has 0 radical (unpaired) electrons. The van der Waals surface area contributed by atoms with Gasteiger partial charge >= 0.3 is 0 Å². The van der Waals surface area contributed by atoms with Crippen molar-refractivity contribution in [3.05, 3.63) is 66.1 Å². The Morgan fingerprint density at radius 3 is 2.56 bits per heavy atom. The topological polar surface area (TPSA) is 89.2 Å². The average molecular weight is 400 g/mol. The number of pyridine rings is 1. The van der Waals surface area contributed by atoms with E-state index >= 15 is 0 Å². The third-order valence-corrected chi connectivity index (χ3v) is 5.32. The molecule has 3 aromatic heterocycles. The average Bonchev–Trinajstić information content (AvgIpc) is 2.97. The highest BCUT2D eigenvalue weighted by Crippen LogP contribution is 2.28. The number of nitrogens with one attached hydrogen (secondary N) is 1. The van der Waals surface area contributed by atoms with Crippen LogP contribution >= 0.6 is 11.6 Å². The van der Waals surface area contributed by atoms with E-state index < -0.39 is 9.84 Å². The van der Waals surface area contributed by atoms with Crippen LogP contribution in [0.2, 0.25) is 5.15 Å². The lowest BCUT2D eigenvalue weighted by Crippen LogP contribution is -2.00. The van der Waals surface area contributed by atoms with Crippen LogP contribution in [0.1, 0.15) is 0 Å². The summed E-state index contributed by atoms with van der Waals surface area (Å²) in [5.41, 5.74) is 2.68. The van der Waals surface area contributed by atoms with E-state index in [1.807, 2.05) is 28.8 Å². The van der Waals surface area contributed by atoms with Crippen molar-refractivity contribution in [2.24, 2.45) is 0 Å². The predicted octanol–water partition coefficient (Wildman–Crippen LogP) is 3.59. The van der Waals surface area contributed by atoms with E-state index in [0.29, 0.717) is 28.2 Å². The second-order valence-electron chi connectivity index (χ2n) is 5.87. The molecule has 4 aromatic rings. The Morgan fingerprint density at radius 1 is 1.04 bits per heavy atom. The van der Waals surface area contributed by atoms with E-state index in [-0.39, 0.29) is 4.90 Å². The monoisotopic (exact) mass is 399 g/mol. The Bertz CT molecular complexity index is 1240. The molecule has 9 heteroatoms.